The lowest BCUT2D eigenvalue weighted by atomic mass is 10.00. The van der Waals surface area contributed by atoms with Gasteiger partial charge in [0.15, 0.2) is 5.69 Å². The van der Waals surface area contributed by atoms with Crippen molar-refractivity contribution in [3.63, 3.8) is 0 Å². The summed E-state index contributed by atoms with van der Waals surface area (Å²) < 4.78 is 7.73. The first-order chi connectivity index (χ1) is 19.7. The number of benzene rings is 4. The normalized spacial score (nSPS) is 15.6. The minimum Gasteiger partial charge on any atom is -0.496 e. The van der Waals surface area contributed by atoms with E-state index >= 15 is 0 Å². The second-order valence-electron chi connectivity index (χ2n) is 10.8. The van der Waals surface area contributed by atoms with E-state index in [0.29, 0.717) is 24.8 Å². The number of nitrogens with one attached hydrogen (secondary N) is 2. The fraction of sp³-hybridized carbons (Fsp3) is 0.273. The Bertz CT molecular complexity index is 1720. The Kier molecular flexibility index (Phi) is 6.46. The number of nitrogens with zero attached hydrogens (tertiary/aromatic N) is 3. The molecule has 0 atom stereocenters. The summed E-state index contributed by atoms with van der Waals surface area (Å²) in [6, 6.07) is 27.5. The van der Waals surface area contributed by atoms with Gasteiger partial charge in [-0.3, -0.25) is 14.4 Å². The monoisotopic (exact) mass is 531 g/mol. The Labute approximate surface area is 233 Å². The minimum absolute atomic E-state index is 0.105. The van der Waals surface area contributed by atoms with Gasteiger partial charge in [0.05, 0.1) is 13.2 Å². The molecule has 7 nitrogen and oxygen atoms in total. The van der Waals surface area contributed by atoms with Crippen molar-refractivity contribution in [1.29, 1.82) is 0 Å². The number of ether oxygens (including phenoxy) is 1. The molecule has 202 valence electrons. The average molecular weight is 532 g/mol. The summed E-state index contributed by atoms with van der Waals surface area (Å²) in [7, 11) is 1.72. The first-order valence-corrected chi connectivity index (χ1v) is 14.0. The molecule has 0 spiro atoms. The van der Waals surface area contributed by atoms with E-state index in [4.69, 9.17) is 9.84 Å². The van der Waals surface area contributed by atoms with Crippen molar-refractivity contribution < 1.29 is 9.53 Å². The largest absolute Gasteiger partial charge is 0.496 e. The molecule has 0 unspecified atom stereocenters. The molecule has 1 aromatic heterocycles. The predicted molar refractivity (Wildman–Crippen MR) is 158 cm³/mol. The van der Waals surface area contributed by atoms with E-state index in [1.807, 2.05) is 18.2 Å². The molecule has 0 saturated carbocycles. The van der Waals surface area contributed by atoms with Crippen LogP contribution in [0.4, 0.5) is 0 Å². The van der Waals surface area contributed by atoms with Crippen LogP contribution in [0.3, 0.4) is 0 Å². The van der Waals surface area contributed by atoms with E-state index in [-0.39, 0.29) is 5.91 Å². The van der Waals surface area contributed by atoms with Crippen LogP contribution in [0.25, 0.3) is 21.5 Å². The van der Waals surface area contributed by atoms with Gasteiger partial charge in [-0.1, -0.05) is 72.8 Å². The van der Waals surface area contributed by atoms with Gasteiger partial charge in [0.2, 0.25) is 0 Å². The number of hydrogen-bond acceptors (Lipinski definition) is 5. The van der Waals surface area contributed by atoms with Gasteiger partial charge in [0, 0.05) is 62.3 Å². The van der Waals surface area contributed by atoms with E-state index in [9.17, 15) is 4.79 Å². The van der Waals surface area contributed by atoms with Crippen molar-refractivity contribution in [3.05, 3.63) is 107 Å². The summed E-state index contributed by atoms with van der Waals surface area (Å²) in [5.41, 5.74) is 5.20. The summed E-state index contributed by atoms with van der Waals surface area (Å²) in [5.74, 6) is 0.785. The molecule has 7 heteroatoms. The third-order valence-electron chi connectivity index (χ3n) is 8.39. The topological polar surface area (TPSA) is 71.4 Å². The van der Waals surface area contributed by atoms with Crippen molar-refractivity contribution in [2.45, 2.75) is 32.1 Å². The molecule has 0 bridgehead atoms. The Hall–Kier alpha value is -4.20. The molecule has 2 aliphatic heterocycles. The SMILES string of the molecule is COc1ccc(CN2CCc3c(c(C(=O)NCc4cccc5ccccc45)nn3C3CNC3)C2)c2ccccc12. The summed E-state index contributed by atoms with van der Waals surface area (Å²) >= 11 is 0. The number of hydrogen-bond donors (Lipinski definition) is 2. The van der Waals surface area contributed by atoms with Gasteiger partial charge < -0.3 is 15.4 Å². The molecule has 0 aliphatic carbocycles. The van der Waals surface area contributed by atoms with Crippen LogP contribution in [0.2, 0.25) is 0 Å². The summed E-state index contributed by atoms with van der Waals surface area (Å²) in [6.07, 6.45) is 0.878. The van der Waals surface area contributed by atoms with Crippen LogP contribution in [0.1, 0.15) is 38.9 Å². The molecule has 1 saturated heterocycles. The maximum atomic E-state index is 13.6. The van der Waals surface area contributed by atoms with Crippen LogP contribution in [-0.2, 0) is 26.1 Å². The maximum absolute atomic E-state index is 13.6. The Morgan fingerprint density at radius 1 is 0.950 bits per heavy atom. The standard InChI is InChI=1S/C33H33N5O2/c1-40-31-14-13-24(27-11-4-5-12-28(27)31)20-37-16-15-30-29(21-37)32(36-38(30)25-18-34-19-25)33(39)35-17-23-9-6-8-22-7-2-3-10-26(22)23/h2-14,25,34H,15-21H2,1H3,(H,35,39). The molecule has 40 heavy (non-hydrogen) atoms. The Morgan fingerprint density at radius 2 is 1.73 bits per heavy atom. The third kappa shape index (κ3) is 4.41. The number of amides is 1. The van der Waals surface area contributed by atoms with Crippen LogP contribution < -0.4 is 15.4 Å². The molecule has 1 amide bonds. The molecule has 3 heterocycles. The van der Waals surface area contributed by atoms with Gasteiger partial charge in [-0.15, -0.1) is 0 Å². The average Bonchev–Trinajstić information content (AvgIpc) is 3.33. The highest BCUT2D eigenvalue weighted by molar-refractivity contribution is 5.95. The van der Waals surface area contributed by atoms with E-state index in [0.717, 1.165) is 60.2 Å². The van der Waals surface area contributed by atoms with Crippen molar-refractivity contribution in [2.24, 2.45) is 0 Å². The van der Waals surface area contributed by atoms with Crippen LogP contribution in [-0.4, -0.2) is 47.3 Å². The van der Waals surface area contributed by atoms with Crippen molar-refractivity contribution in [1.82, 2.24) is 25.3 Å². The van der Waals surface area contributed by atoms with Crippen LogP contribution in [0.15, 0.2) is 78.9 Å². The van der Waals surface area contributed by atoms with Gasteiger partial charge >= 0.3 is 0 Å². The summed E-state index contributed by atoms with van der Waals surface area (Å²) in [6.45, 7) is 4.69. The Morgan fingerprint density at radius 3 is 2.52 bits per heavy atom. The van der Waals surface area contributed by atoms with Gasteiger partial charge in [-0.2, -0.15) is 5.10 Å². The van der Waals surface area contributed by atoms with Crippen molar-refractivity contribution in [3.8, 4) is 5.75 Å². The zero-order chi connectivity index (χ0) is 27.1. The predicted octanol–water partition coefficient (Wildman–Crippen LogP) is 4.83. The van der Waals surface area contributed by atoms with Crippen LogP contribution in [0.5, 0.6) is 5.75 Å². The lowest BCUT2D eigenvalue weighted by Gasteiger charge is -2.32. The lowest BCUT2D eigenvalue weighted by molar-refractivity contribution is 0.0942. The van der Waals surface area contributed by atoms with Crippen LogP contribution in [0, 0.1) is 0 Å². The number of fused-ring (bicyclic) bond motifs is 3. The number of carbonyl (C=O) groups excluding carboxylic acids is 1. The smallest absolute Gasteiger partial charge is 0.272 e. The molecular formula is C33H33N5O2. The van der Waals surface area contributed by atoms with E-state index in [1.54, 1.807) is 7.11 Å². The highest BCUT2D eigenvalue weighted by atomic mass is 16.5. The zero-order valence-corrected chi connectivity index (χ0v) is 22.7. The molecule has 0 radical (unpaired) electrons. The first kappa shape index (κ1) is 24.8. The Balaban J connectivity index is 1.16. The number of methoxy groups -OCH3 is 1. The molecule has 5 aromatic rings. The molecule has 1 fully saturated rings. The summed E-state index contributed by atoms with van der Waals surface area (Å²) in [4.78, 5) is 16.1. The number of rotatable bonds is 7. The quantitative estimate of drug-likeness (QED) is 0.315. The van der Waals surface area contributed by atoms with Gasteiger partial charge in [0.25, 0.3) is 5.91 Å². The van der Waals surface area contributed by atoms with Gasteiger partial charge in [-0.25, -0.2) is 0 Å². The highest BCUT2D eigenvalue weighted by Gasteiger charge is 2.32. The molecule has 4 aromatic carbocycles. The number of carbonyl (C=O) groups is 1. The highest BCUT2D eigenvalue weighted by Crippen LogP contribution is 2.32. The fourth-order valence-electron chi connectivity index (χ4n) is 6.16. The van der Waals surface area contributed by atoms with E-state index < -0.39 is 0 Å². The fourth-order valence-corrected chi connectivity index (χ4v) is 6.16. The second-order valence-corrected chi connectivity index (χ2v) is 10.8. The molecule has 7 rings (SSSR count). The van der Waals surface area contributed by atoms with E-state index in [1.165, 1.54) is 22.0 Å². The second kappa shape index (κ2) is 10.4. The first-order valence-electron chi connectivity index (χ1n) is 14.0. The molecule has 2 aliphatic rings. The minimum atomic E-state index is -0.105. The van der Waals surface area contributed by atoms with Crippen molar-refractivity contribution in [2.75, 3.05) is 26.7 Å². The summed E-state index contributed by atoms with van der Waals surface area (Å²) in [5, 5.41) is 16.1. The lowest BCUT2D eigenvalue weighted by Crippen LogP contribution is -2.45. The zero-order valence-electron chi connectivity index (χ0n) is 22.7. The van der Waals surface area contributed by atoms with Gasteiger partial charge in [0.1, 0.15) is 5.75 Å². The maximum Gasteiger partial charge on any atom is 0.272 e. The van der Waals surface area contributed by atoms with Crippen LogP contribution >= 0.6 is 0 Å². The molecular weight excluding hydrogens is 498 g/mol. The van der Waals surface area contributed by atoms with E-state index in [2.05, 4.69) is 80.9 Å². The number of aromatic nitrogens is 2. The third-order valence-corrected chi connectivity index (χ3v) is 8.39. The molecule has 2 N–H and O–H groups in total. The van der Waals surface area contributed by atoms with Gasteiger partial charge in [-0.05, 0) is 33.4 Å². The van der Waals surface area contributed by atoms with Crippen molar-refractivity contribution >= 4 is 27.5 Å².